The third kappa shape index (κ3) is 5.12. The molecule has 0 fully saturated rings. The van der Waals surface area contributed by atoms with Gasteiger partial charge in [0.2, 0.25) is 0 Å². The van der Waals surface area contributed by atoms with Crippen molar-refractivity contribution in [3.63, 3.8) is 0 Å². The van der Waals surface area contributed by atoms with Crippen molar-refractivity contribution in [3.8, 4) is 33.4 Å². The van der Waals surface area contributed by atoms with E-state index >= 15 is 0 Å². The van der Waals surface area contributed by atoms with Gasteiger partial charge in [-0.1, -0.05) is 158 Å². The van der Waals surface area contributed by atoms with Crippen LogP contribution in [0, 0.1) is 0 Å². The molecule has 1 heterocycles. The van der Waals surface area contributed by atoms with Crippen molar-refractivity contribution in [2.45, 2.75) is 0 Å². The van der Waals surface area contributed by atoms with E-state index < -0.39 is 18.1 Å². The van der Waals surface area contributed by atoms with Crippen molar-refractivity contribution >= 4 is 60.5 Å². The Morgan fingerprint density at radius 3 is 1.73 bits per heavy atom. The quantitative estimate of drug-likeness (QED) is 0.175. The van der Waals surface area contributed by atoms with Crippen LogP contribution in [0.2, 0.25) is 0 Å². The molecule has 0 unspecified atom stereocenters. The summed E-state index contributed by atoms with van der Waals surface area (Å²) in [5, 5.41) is 2.50. The Balaban J connectivity index is 1.33. The number of fused-ring (bicyclic) bond motifs is 6. The highest BCUT2D eigenvalue weighted by Gasteiger charge is 2.22. The number of hydrogen-bond acceptors (Lipinski definition) is 2. The molecule has 0 saturated heterocycles. The lowest BCUT2D eigenvalue weighted by Gasteiger charge is -2.27. The Morgan fingerprint density at radius 2 is 1.02 bits per heavy atom. The summed E-state index contributed by atoms with van der Waals surface area (Å²) in [6, 6.07) is 46.3. The summed E-state index contributed by atoms with van der Waals surface area (Å²) in [5.74, 6) is 0. The van der Waals surface area contributed by atoms with Crippen LogP contribution in [0.1, 0.15) is 11.0 Å². The zero-order chi connectivity index (χ0) is 41.4. The summed E-state index contributed by atoms with van der Waals surface area (Å²) in [7, 11) is 0. The summed E-state index contributed by atoms with van der Waals surface area (Å²) in [5.41, 5.74) is 6.16. The average molecular weight is 672 g/mol. The fraction of sp³-hybridized carbons (Fsp3) is 0. The minimum absolute atomic E-state index is 0.0145. The molecule has 0 aliphatic carbocycles. The van der Waals surface area contributed by atoms with Gasteiger partial charge in [0.05, 0.1) is 22.0 Å². The van der Waals surface area contributed by atoms with Crippen LogP contribution < -0.4 is 4.90 Å². The van der Waals surface area contributed by atoms with Gasteiger partial charge in [-0.25, -0.2) is 0 Å². The average Bonchev–Trinajstić information content (AvgIpc) is 3.69. The molecule has 0 spiro atoms. The molecule has 244 valence electrons. The van der Waals surface area contributed by atoms with Gasteiger partial charge >= 0.3 is 0 Å². The molecule has 2 nitrogen and oxygen atoms in total. The third-order valence-corrected chi connectivity index (χ3v) is 9.64. The second kappa shape index (κ2) is 12.5. The highest BCUT2D eigenvalue weighted by Crippen LogP contribution is 2.47. The molecular weight excluding hydrogens is 631 g/mol. The third-order valence-electron chi connectivity index (χ3n) is 9.64. The first kappa shape index (κ1) is 22.7. The molecule has 0 saturated carbocycles. The molecule has 10 aromatic rings. The molecule has 0 aliphatic heterocycles. The highest BCUT2D eigenvalue weighted by atomic mass is 16.3. The Bertz CT molecular complexity index is 3330. The van der Waals surface area contributed by atoms with E-state index in [1.54, 1.807) is 0 Å². The smallest absolute Gasteiger partial charge is 0.143 e. The van der Waals surface area contributed by atoms with Crippen LogP contribution in [0.3, 0.4) is 0 Å². The van der Waals surface area contributed by atoms with E-state index in [-0.39, 0.29) is 74.2 Å². The summed E-state index contributed by atoms with van der Waals surface area (Å²) < 4.78 is 80.3. The Morgan fingerprint density at radius 1 is 0.442 bits per heavy atom. The van der Waals surface area contributed by atoms with Gasteiger partial charge in [-0.2, -0.15) is 0 Å². The lowest BCUT2D eigenvalue weighted by molar-refractivity contribution is 0.672. The number of rotatable bonds is 6. The first-order valence-corrected chi connectivity index (χ1v) is 17.1. The van der Waals surface area contributed by atoms with Crippen molar-refractivity contribution < 1.29 is 15.4 Å². The van der Waals surface area contributed by atoms with Gasteiger partial charge in [0.1, 0.15) is 11.2 Å². The summed E-state index contributed by atoms with van der Waals surface area (Å²) in [6.07, 6.45) is 0. The van der Waals surface area contributed by atoms with Crippen LogP contribution in [-0.4, -0.2) is 0 Å². The molecule has 52 heavy (non-hydrogen) atoms. The lowest BCUT2D eigenvalue weighted by atomic mass is 9.93. The molecule has 1 aromatic heterocycles. The molecule has 9 aromatic carbocycles. The molecule has 0 N–H and O–H groups in total. The first-order valence-electron chi connectivity index (χ1n) is 21.1. The summed E-state index contributed by atoms with van der Waals surface area (Å²) in [6.45, 7) is 0. The van der Waals surface area contributed by atoms with Gasteiger partial charge in [-0.15, -0.1) is 0 Å². The zero-order valence-corrected chi connectivity index (χ0v) is 27.8. The van der Waals surface area contributed by atoms with Crippen LogP contribution in [0.5, 0.6) is 0 Å². The zero-order valence-electron chi connectivity index (χ0n) is 35.8. The number of anilines is 3. The largest absolute Gasteiger partial charge is 0.455 e. The van der Waals surface area contributed by atoms with Crippen molar-refractivity contribution in [1.82, 2.24) is 0 Å². The number of benzene rings is 9. The highest BCUT2D eigenvalue weighted by molar-refractivity contribution is 6.22. The Hall–Kier alpha value is -6.90. The van der Waals surface area contributed by atoms with Crippen LogP contribution in [0.4, 0.5) is 17.1 Å². The Kier molecular flexibility index (Phi) is 5.45. The van der Waals surface area contributed by atoms with E-state index in [0.29, 0.717) is 16.9 Å². The van der Waals surface area contributed by atoms with Gasteiger partial charge in [-0.3, -0.25) is 0 Å². The van der Waals surface area contributed by atoms with Gasteiger partial charge in [0, 0.05) is 22.1 Å². The standard InChI is InChI=1S/C50H33NO/c1-3-12-34(13-4-1)37-22-24-39(25-23-37)45-33-46-49-47(20-11-21-48(49)52-50(46)44-19-10-9-18-43(44)45)51(42-31-28-36-16-7-8-17-40(36)32-42)41-29-26-38(27-30-41)35-14-5-2-6-15-35/h1-33H/i9D,10D,11D,18D,19D,20D,21D,33D. The second-order valence-corrected chi connectivity index (χ2v) is 12.7. The predicted molar refractivity (Wildman–Crippen MR) is 220 cm³/mol. The van der Waals surface area contributed by atoms with Crippen LogP contribution in [0.15, 0.2) is 204 Å². The maximum atomic E-state index is 10.0. The van der Waals surface area contributed by atoms with E-state index in [1.807, 2.05) is 157 Å². The molecule has 0 radical (unpaired) electrons. The minimum atomic E-state index is -0.470. The normalized spacial score (nSPS) is 13.6. The maximum Gasteiger partial charge on any atom is 0.143 e. The Labute approximate surface area is 313 Å². The molecule has 10 rings (SSSR count). The molecule has 0 bridgehead atoms. The van der Waals surface area contributed by atoms with Crippen LogP contribution in [0.25, 0.3) is 76.9 Å². The SMILES string of the molecule is [2H]c1c([2H])c(N(c2ccc(-c3ccccc3)cc2)c2ccc3ccccc3c2)c2c(oc3c4c([2H])c([2H])c([2H])c([2H])c4c(-c4ccc(-c5ccccc5)cc4)c([2H])c32)c1[2H]. The maximum absolute atomic E-state index is 10.0. The molecule has 0 amide bonds. The van der Waals surface area contributed by atoms with Crippen molar-refractivity contribution in [2.24, 2.45) is 0 Å². The fourth-order valence-corrected chi connectivity index (χ4v) is 7.11. The van der Waals surface area contributed by atoms with Crippen molar-refractivity contribution in [1.29, 1.82) is 0 Å². The number of furan rings is 1. The summed E-state index contributed by atoms with van der Waals surface area (Å²) >= 11 is 0. The lowest BCUT2D eigenvalue weighted by Crippen LogP contribution is -2.10. The van der Waals surface area contributed by atoms with Gasteiger partial charge in [-0.05, 0) is 91.9 Å². The fourth-order valence-electron chi connectivity index (χ4n) is 7.11. The van der Waals surface area contributed by atoms with E-state index in [1.165, 1.54) is 0 Å². The molecule has 0 aliphatic rings. The second-order valence-electron chi connectivity index (χ2n) is 12.7. The van der Waals surface area contributed by atoms with Crippen LogP contribution >= 0.6 is 0 Å². The van der Waals surface area contributed by atoms with Crippen molar-refractivity contribution in [2.75, 3.05) is 4.90 Å². The van der Waals surface area contributed by atoms with Gasteiger partial charge in [0.15, 0.2) is 0 Å². The monoisotopic (exact) mass is 671 g/mol. The van der Waals surface area contributed by atoms with Gasteiger partial charge < -0.3 is 9.32 Å². The molecular formula is C50H33NO. The predicted octanol–water partition coefficient (Wildman–Crippen LogP) is 14.4. The number of nitrogens with zero attached hydrogens (tertiary/aromatic N) is 1. The van der Waals surface area contributed by atoms with E-state index in [2.05, 4.69) is 0 Å². The van der Waals surface area contributed by atoms with E-state index in [9.17, 15) is 5.48 Å². The minimum Gasteiger partial charge on any atom is -0.455 e. The van der Waals surface area contributed by atoms with Crippen molar-refractivity contribution in [3.05, 3.63) is 200 Å². The number of hydrogen-bond donors (Lipinski definition) is 0. The first-order chi connectivity index (χ1) is 29.1. The topological polar surface area (TPSA) is 16.4 Å². The van der Waals surface area contributed by atoms with E-state index in [0.717, 1.165) is 33.0 Å². The van der Waals surface area contributed by atoms with Gasteiger partial charge in [0.25, 0.3) is 0 Å². The van der Waals surface area contributed by atoms with Crippen LogP contribution in [-0.2, 0) is 0 Å². The summed E-state index contributed by atoms with van der Waals surface area (Å²) in [4.78, 5) is 1.86. The molecule has 0 atom stereocenters. The molecule has 2 heteroatoms. The van der Waals surface area contributed by atoms with E-state index in [4.69, 9.17) is 9.90 Å².